The molecule has 2 unspecified atom stereocenters. The molecule has 4 rings (SSSR count). The minimum Gasteiger partial charge on any atom is -0.481 e. The third kappa shape index (κ3) is 2.86. The molecule has 0 amide bonds. The normalized spacial score (nSPS) is 24.5. The summed E-state index contributed by atoms with van der Waals surface area (Å²) in [4.78, 5) is 163. The van der Waals surface area contributed by atoms with Crippen molar-refractivity contribution in [2.75, 3.05) is 0 Å². The van der Waals surface area contributed by atoms with Gasteiger partial charge in [0.05, 0.1) is 0 Å². The Morgan fingerprint density at radius 3 is 1.08 bits per heavy atom. The number of hydrogen-bond donors (Lipinski definition) is 12. The van der Waals surface area contributed by atoms with Crippen LogP contribution in [0.5, 0.6) is 0 Å². The fourth-order valence-electron chi connectivity index (χ4n) is 9.15. The van der Waals surface area contributed by atoms with Crippen molar-refractivity contribution >= 4 is 77.7 Å². The Bertz CT molecular complexity index is 2030. The first kappa shape index (κ1) is 37.4. The summed E-state index contributed by atoms with van der Waals surface area (Å²) in [7, 11) is 0. The van der Waals surface area contributed by atoms with Gasteiger partial charge < -0.3 is 61.3 Å². The van der Waals surface area contributed by atoms with Gasteiger partial charge in [0.1, 0.15) is 5.41 Å². The van der Waals surface area contributed by atoms with Crippen LogP contribution < -0.4 is 0 Å². The maximum Gasteiger partial charge on any atom is 0.327 e. The van der Waals surface area contributed by atoms with Gasteiger partial charge in [-0.25, -0.2) is 0 Å². The molecule has 24 nitrogen and oxygen atoms in total. The quantitative estimate of drug-likeness (QED) is 0.0939. The van der Waals surface area contributed by atoms with E-state index in [0.717, 1.165) is 0 Å². The topological polar surface area (TPSA) is 448 Å². The second-order valence-corrected chi connectivity index (χ2v) is 11.6. The van der Waals surface area contributed by atoms with Crippen LogP contribution in [0.2, 0.25) is 0 Å². The van der Waals surface area contributed by atoms with Gasteiger partial charge in [0.2, 0.25) is 27.1 Å². The van der Waals surface area contributed by atoms with Crippen LogP contribution in [0.4, 0.5) is 0 Å². The summed E-state index contributed by atoms with van der Waals surface area (Å²) in [6.07, 6.45) is -0.600. The molecule has 0 spiro atoms. The van der Waals surface area contributed by atoms with Crippen LogP contribution in [-0.2, 0) is 73.8 Å². The second-order valence-electron chi connectivity index (χ2n) is 11.6. The molecule has 3 aliphatic carbocycles. The zero-order chi connectivity index (χ0) is 40.3. The number of aliphatic carboxylic acids is 12. The molecular weight excluding hydrogens is 720 g/mol. The van der Waals surface area contributed by atoms with Crippen LogP contribution >= 0.6 is 0 Å². The highest BCUT2D eigenvalue weighted by Crippen LogP contribution is 2.80. The van der Waals surface area contributed by atoms with Gasteiger partial charge in [-0.2, -0.15) is 0 Å². The van der Waals surface area contributed by atoms with E-state index in [4.69, 9.17) is 0 Å². The van der Waals surface area contributed by atoms with E-state index in [0.29, 0.717) is 18.2 Å². The maximum absolute atomic E-state index is 14.0. The lowest BCUT2D eigenvalue weighted by molar-refractivity contribution is -0.251. The molecule has 0 aromatic heterocycles. The van der Waals surface area contributed by atoms with Crippen LogP contribution in [0, 0.1) is 21.7 Å². The number of rotatable bonds is 12. The molecule has 0 bridgehead atoms. The third-order valence-corrected chi connectivity index (χ3v) is 10.5. The first-order valence-electron chi connectivity index (χ1n) is 13.4. The van der Waals surface area contributed by atoms with Crippen molar-refractivity contribution in [3.05, 3.63) is 40.5 Å². The van der Waals surface area contributed by atoms with Crippen molar-refractivity contribution in [3.63, 3.8) is 0 Å². The summed E-state index contributed by atoms with van der Waals surface area (Å²) < 4.78 is 0. The predicted molar refractivity (Wildman–Crippen MR) is 146 cm³/mol. The largest absolute Gasteiger partial charge is 0.481 e. The molecule has 274 valence electrons. The molecule has 24 heteroatoms. The molecule has 52 heavy (non-hydrogen) atoms. The zero-order valence-electron chi connectivity index (χ0n) is 24.8. The average molecular weight is 738 g/mol. The third-order valence-electron chi connectivity index (χ3n) is 10.5. The number of hydrogen-bond acceptors (Lipinski definition) is 12. The van der Waals surface area contributed by atoms with Crippen molar-refractivity contribution in [2.45, 2.75) is 22.7 Å². The van der Waals surface area contributed by atoms with Crippen molar-refractivity contribution in [2.24, 2.45) is 21.7 Å². The minimum absolute atomic E-state index is 0.0480. The van der Waals surface area contributed by atoms with Gasteiger partial charge in [-0.15, -0.1) is 0 Å². The Hall–Kier alpha value is -7.40. The lowest BCUT2D eigenvalue weighted by Crippen LogP contribution is -2.91. The molecule has 1 aromatic rings. The maximum atomic E-state index is 14.0. The fraction of sp³-hybridized carbons (Fsp3) is 0.286. The SMILES string of the molecule is O=C(O)C12CC=Cc3ccc4c(c31)C(C(=O)O)(C(C(=O)O)(C(=O)O)C2(C(=O)O)C(=O)O)C(C(=O)O)(C(=O)O)C(C(=O)O)(C(=O)O)C4(C(=O)O)C(=O)O. The molecule has 0 fully saturated rings. The Morgan fingerprint density at radius 2 is 0.769 bits per heavy atom. The molecule has 0 saturated heterocycles. The van der Waals surface area contributed by atoms with Crippen molar-refractivity contribution in [3.8, 4) is 0 Å². The lowest BCUT2D eigenvalue weighted by atomic mass is 9.24. The van der Waals surface area contributed by atoms with Crippen LogP contribution in [-0.4, -0.2) is 133 Å². The molecule has 0 saturated carbocycles. The van der Waals surface area contributed by atoms with Crippen molar-refractivity contribution in [1.82, 2.24) is 0 Å². The standard InChI is InChI=1S/C28H18O24/c29-10(30)22-5-1-2-6-3-4-7-9(8(6)22)24(13(35)36,27(18(45)46,19(47)48)25(22,14(37)38)15(39)40)28(20(49)50,21(51)52)26(16(41)42,17(43)44)23(7,11(31)32)12(33)34/h1-4H,5H2,(H,29,30)(H,31,32)(H,33,34)(H,35,36)(H,37,38)(H,39,40)(H,41,42)(H,43,44)(H,45,46)(H,47,48)(H,49,50)(H,51,52). The molecule has 3 aliphatic rings. The van der Waals surface area contributed by atoms with Gasteiger partial charge in [-0.3, -0.25) is 57.5 Å². The number of carbonyl (C=O) groups is 12. The van der Waals surface area contributed by atoms with Gasteiger partial charge >= 0.3 is 71.6 Å². The van der Waals surface area contributed by atoms with Crippen molar-refractivity contribution in [1.29, 1.82) is 0 Å². The smallest absolute Gasteiger partial charge is 0.327 e. The van der Waals surface area contributed by atoms with E-state index in [-0.39, 0.29) is 6.07 Å². The number of benzene rings is 1. The zero-order valence-corrected chi connectivity index (χ0v) is 24.8. The number of carboxylic acid groups (broad SMARTS) is 12. The Balaban J connectivity index is 2.97. The summed E-state index contributed by atoms with van der Waals surface area (Å²) in [6.45, 7) is 0. The molecule has 0 aliphatic heterocycles. The Morgan fingerprint density at radius 1 is 0.404 bits per heavy atom. The first-order valence-corrected chi connectivity index (χ1v) is 13.4. The molecule has 0 radical (unpaired) electrons. The summed E-state index contributed by atoms with van der Waals surface area (Å²) in [6, 6.07) is 0.258. The molecule has 1 aromatic carbocycles. The van der Waals surface area contributed by atoms with Crippen LogP contribution in [0.1, 0.15) is 28.7 Å². The second kappa shape index (κ2) is 10.3. The van der Waals surface area contributed by atoms with Gasteiger partial charge in [-0.05, 0) is 28.7 Å². The molecular formula is C28H18O24. The number of carboxylic acids is 12. The highest BCUT2D eigenvalue weighted by atomic mass is 16.4. The lowest BCUT2D eigenvalue weighted by Gasteiger charge is -2.67. The Kier molecular flexibility index (Phi) is 7.42. The highest BCUT2D eigenvalue weighted by Gasteiger charge is 3.04. The average Bonchev–Trinajstić information content (AvgIpc) is 2.99. The molecule has 12 N–H and O–H groups in total. The van der Waals surface area contributed by atoms with E-state index in [1.807, 2.05) is 0 Å². The molecule has 2 atom stereocenters. The van der Waals surface area contributed by atoms with Gasteiger partial charge in [0, 0.05) is 0 Å². The van der Waals surface area contributed by atoms with Crippen LogP contribution in [0.15, 0.2) is 18.2 Å². The summed E-state index contributed by atoms with van der Waals surface area (Å²) >= 11 is 0. The van der Waals surface area contributed by atoms with E-state index in [1.54, 1.807) is 0 Å². The van der Waals surface area contributed by atoms with Gasteiger partial charge in [0.25, 0.3) is 0 Å². The predicted octanol–water partition coefficient (Wildman–Crippen LogP) is -3.20. The Labute approximate surface area is 281 Å². The van der Waals surface area contributed by atoms with E-state index in [9.17, 15) is 119 Å². The number of allylic oxidation sites excluding steroid dienone is 1. The van der Waals surface area contributed by atoms with Crippen LogP contribution in [0.3, 0.4) is 0 Å². The van der Waals surface area contributed by atoms with E-state index in [1.165, 1.54) is 0 Å². The fourth-order valence-corrected chi connectivity index (χ4v) is 9.15. The summed E-state index contributed by atoms with van der Waals surface area (Å²) in [5.41, 5.74) is -47.1. The van der Waals surface area contributed by atoms with Gasteiger partial charge in [-0.1, -0.05) is 24.3 Å². The molecule has 0 heterocycles. The van der Waals surface area contributed by atoms with E-state index in [2.05, 4.69) is 0 Å². The van der Waals surface area contributed by atoms with Crippen LogP contribution in [0.25, 0.3) is 6.08 Å². The highest BCUT2D eigenvalue weighted by molar-refractivity contribution is 6.31. The van der Waals surface area contributed by atoms with Gasteiger partial charge in [0.15, 0.2) is 5.41 Å². The van der Waals surface area contributed by atoms with E-state index >= 15 is 0 Å². The summed E-state index contributed by atoms with van der Waals surface area (Å²) in [5.74, 6) is -43.1. The minimum atomic E-state index is -6.23. The first-order chi connectivity index (χ1) is 23.8. The summed E-state index contributed by atoms with van der Waals surface area (Å²) in [5, 5.41) is 129. The van der Waals surface area contributed by atoms with E-state index < -0.39 is 138 Å². The van der Waals surface area contributed by atoms with Crippen molar-refractivity contribution < 1.29 is 119 Å². The monoisotopic (exact) mass is 738 g/mol.